The molecule has 0 heterocycles. The lowest BCUT2D eigenvalue weighted by Crippen LogP contribution is -2.03. The van der Waals surface area contributed by atoms with Gasteiger partial charge in [0.1, 0.15) is 0 Å². The summed E-state index contributed by atoms with van der Waals surface area (Å²) in [5, 5.41) is 10.8. The van der Waals surface area contributed by atoms with E-state index in [4.69, 9.17) is 9.29 Å². The lowest BCUT2D eigenvalue weighted by Gasteiger charge is -2.09. The Morgan fingerprint density at radius 1 is 1.52 bits per heavy atom. The Morgan fingerprint density at radius 3 is 2.95 bits per heavy atom. The molecule has 5 heteroatoms. The minimum absolute atomic E-state index is 0.199. The van der Waals surface area contributed by atoms with Gasteiger partial charge in [-0.15, -0.1) is 11.8 Å². The number of hydrogen-bond donors (Lipinski definition) is 1. The molecule has 21 heavy (non-hydrogen) atoms. The van der Waals surface area contributed by atoms with Gasteiger partial charge >= 0.3 is 5.97 Å². The van der Waals surface area contributed by atoms with E-state index in [0.717, 1.165) is 36.2 Å². The molecular weight excluding hydrogens is 304 g/mol. The average Bonchev–Trinajstić information content (AvgIpc) is 2.49. The van der Waals surface area contributed by atoms with Crippen LogP contribution in [0, 0.1) is 0 Å². The van der Waals surface area contributed by atoms with E-state index in [1.165, 1.54) is 5.57 Å². The molecule has 0 aromatic carbocycles. The van der Waals surface area contributed by atoms with Crippen molar-refractivity contribution in [3.05, 3.63) is 46.9 Å². The summed E-state index contributed by atoms with van der Waals surface area (Å²) in [5.74, 6) is 1.06. The van der Waals surface area contributed by atoms with Gasteiger partial charge in [0.25, 0.3) is 0 Å². The molecule has 0 bridgehead atoms. The van der Waals surface area contributed by atoms with E-state index in [0.29, 0.717) is 17.7 Å². The summed E-state index contributed by atoms with van der Waals surface area (Å²) >= 11 is 2.77. The largest absolute Gasteiger partial charge is 0.396 e. The molecule has 0 fully saturated rings. The predicted octanol–water partition coefficient (Wildman–Crippen LogP) is 4.03. The second kappa shape index (κ2) is 10.8. The first-order chi connectivity index (χ1) is 10.2. The molecule has 0 atom stereocenters. The lowest BCUT2D eigenvalue weighted by atomic mass is 10.1. The van der Waals surface area contributed by atoms with Crippen LogP contribution >= 0.6 is 23.8 Å². The highest BCUT2D eigenvalue weighted by atomic mass is 32.2. The lowest BCUT2D eigenvalue weighted by molar-refractivity contribution is -0.129. The van der Waals surface area contributed by atoms with Crippen LogP contribution in [0.1, 0.15) is 26.2 Å². The van der Waals surface area contributed by atoms with Gasteiger partial charge in [-0.05, 0) is 29.4 Å². The van der Waals surface area contributed by atoms with E-state index in [1.54, 1.807) is 11.8 Å². The molecule has 3 nitrogen and oxygen atoms in total. The summed E-state index contributed by atoms with van der Waals surface area (Å²) in [7, 11) is 0. The maximum atomic E-state index is 11.6. The molecule has 0 saturated heterocycles. The van der Waals surface area contributed by atoms with Crippen LogP contribution in [0.5, 0.6) is 0 Å². The van der Waals surface area contributed by atoms with Crippen molar-refractivity contribution in [2.75, 3.05) is 18.1 Å². The molecule has 0 aromatic rings. The highest BCUT2D eigenvalue weighted by molar-refractivity contribution is 8.02. The molecule has 0 saturated carbocycles. The number of rotatable bonds is 9. The Kier molecular flexibility index (Phi) is 9.30. The molecule has 0 aromatic heterocycles. The van der Waals surface area contributed by atoms with Crippen molar-refractivity contribution in [1.82, 2.24) is 0 Å². The minimum atomic E-state index is -0.316. The zero-order valence-corrected chi connectivity index (χ0v) is 14.0. The summed E-state index contributed by atoms with van der Waals surface area (Å²) in [5.41, 5.74) is 2.91. The zero-order chi connectivity index (χ0) is 15.5. The van der Waals surface area contributed by atoms with Crippen LogP contribution < -0.4 is 0 Å². The molecule has 116 valence electrons. The van der Waals surface area contributed by atoms with Gasteiger partial charge in [-0.2, -0.15) is 0 Å². The maximum absolute atomic E-state index is 11.6. The SMILES string of the molecule is C=C(CCC)C(=O)OSCC1=CCC(=CSCCO)C=C1. The monoisotopic (exact) mass is 326 g/mol. The van der Waals surface area contributed by atoms with Crippen LogP contribution in [0.2, 0.25) is 0 Å². The normalized spacial score (nSPS) is 15.9. The number of aliphatic hydroxyl groups excluding tert-OH is 1. The van der Waals surface area contributed by atoms with E-state index in [1.807, 2.05) is 13.0 Å². The van der Waals surface area contributed by atoms with E-state index in [-0.39, 0.29) is 12.6 Å². The van der Waals surface area contributed by atoms with Crippen molar-refractivity contribution in [3.63, 3.8) is 0 Å². The number of aliphatic hydroxyl groups is 1. The summed E-state index contributed by atoms with van der Waals surface area (Å²) in [6.45, 7) is 5.92. The van der Waals surface area contributed by atoms with Gasteiger partial charge in [-0.1, -0.05) is 38.2 Å². The van der Waals surface area contributed by atoms with Crippen molar-refractivity contribution in [3.8, 4) is 0 Å². The van der Waals surface area contributed by atoms with Crippen LogP contribution in [0.25, 0.3) is 0 Å². The van der Waals surface area contributed by atoms with Crippen molar-refractivity contribution in [2.24, 2.45) is 0 Å². The third kappa shape index (κ3) is 7.60. The molecule has 0 aliphatic heterocycles. The highest BCUT2D eigenvalue weighted by Gasteiger charge is 2.09. The summed E-state index contributed by atoms with van der Waals surface area (Å²) in [6, 6.07) is 0. The van der Waals surface area contributed by atoms with Crippen LogP contribution in [0.3, 0.4) is 0 Å². The Labute approximate surface area is 135 Å². The fraction of sp³-hybridized carbons (Fsp3) is 0.438. The molecule has 0 amide bonds. The Bertz CT molecular complexity index is 450. The van der Waals surface area contributed by atoms with Gasteiger partial charge in [0.15, 0.2) is 0 Å². The third-order valence-electron chi connectivity index (χ3n) is 2.76. The summed E-state index contributed by atoms with van der Waals surface area (Å²) in [6.07, 6.45) is 8.69. The van der Waals surface area contributed by atoms with Gasteiger partial charge < -0.3 is 9.29 Å². The minimum Gasteiger partial charge on any atom is -0.396 e. The summed E-state index contributed by atoms with van der Waals surface area (Å²) in [4.78, 5) is 11.6. The van der Waals surface area contributed by atoms with Gasteiger partial charge in [0.05, 0.1) is 24.4 Å². The van der Waals surface area contributed by atoms with Gasteiger partial charge in [-0.25, -0.2) is 4.79 Å². The van der Waals surface area contributed by atoms with Crippen LogP contribution in [-0.4, -0.2) is 29.2 Å². The fourth-order valence-corrected chi connectivity index (χ4v) is 2.87. The van der Waals surface area contributed by atoms with Crippen LogP contribution in [-0.2, 0) is 8.98 Å². The number of thioether (sulfide) groups is 1. The Hall–Kier alpha value is -0.910. The molecular formula is C16H22O3S2. The highest BCUT2D eigenvalue weighted by Crippen LogP contribution is 2.22. The zero-order valence-electron chi connectivity index (χ0n) is 12.3. The topological polar surface area (TPSA) is 46.5 Å². The van der Waals surface area contributed by atoms with Gasteiger partial charge in [0.2, 0.25) is 0 Å². The van der Waals surface area contributed by atoms with Crippen molar-refractivity contribution >= 4 is 29.8 Å². The van der Waals surface area contributed by atoms with Crippen LogP contribution in [0.15, 0.2) is 46.9 Å². The summed E-state index contributed by atoms with van der Waals surface area (Å²) < 4.78 is 5.12. The van der Waals surface area contributed by atoms with E-state index in [9.17, 15) is 4.79 Å². The predicted molar refractivity (Wildman–Crippen MR) is 92.1 cm³/mol. The first-order valence-corrected chi connectivity index (χ1v) is 8.93. The number of carbonyl (C=O) groups is 1. The Balaban J connectivity index is 2.26. The van der Waals surface area contributed by atoms with Gasteiger partial charge in [0, 0.05) is 11.3 Å². The van der Waals surface area contributed by atoms with Gasteiger partial charge in [-0.3, -0.25) is 0 Å². The van der Waals surface area contributed by atoms with E-state index in [2.05, 4.69) is 24.1 Å². The molecule has 0 unspecified atom stereocenters. The number of carbonyl (C=O) groups excluding carboxylic acids is 1. The first-order valence-electron chi connectivity index (χ1n) is 6.97. The Morgan fingerprint density at radius 2 is 2.33 bits per heavy atom. The maximum Gasteiger partial charge on any atom is 0.345 e. The first kappa shape index (κ1) is 18.1. The smallest absolute Gasteiger partial charge is 0.345 e. The standard InChI is InChI=1S/C16H22O3S2/c1-3-4-13(2)16(18)19-21-12-15-7-5-14(6-8-15)11-20-10-9-17/h5,7-8,11,17H,2-4,6,9-10,12H2,1H3. The van der Waals surface area contributed by atoms with E-state index >= 15 is 0 Å². The molecule has 0 spiro atoms. The fourth-order valence-electron chi connectivity index (χ4n) is 1.63. The van der Waals surface area contributed by atoms with Crippen LogP contribution in [0.4, 0.5) is 0 Å². The molecule has 0 radical (unpaired) electrons. The molecule has 1 aliphatic rings. The van der Waals surface area contributed by atoms with Crippen molar-refractivity contribution in [2.45, 2.75) is 26.2 Å². The van der Waals surface area contributed by atoms with Crippen molar-refractivity contribution < 1.29 is 14.1 Å². The number of allylic oxidation sites excluding steroid dienone is 4. The average molecular weight is 326 g/mol. The molecule has 1 aliphatic carbocycles. The van der Waals surface area contributed by atoms with Crippen molar-refractivity contribution in [1.29, 1.82) is 0 Å². The quantitative estimate of drug-likeness (QED) is 0.394. The molecule has 1 rings (SSSR count). The number of hydrogen-bond acceptors (Lipinski definition) is 5. The second-order valence-corrected chi connectivity index (χ2v) is 6.26. The second-order valence-electron chi connectivity index (χ2n) is 4.59. The van der Waals surface area contributed by atoms with E-state index < -0.39 is 0 Å². The third-order valence-corrected chi connectivity index (χ3v) is 4.36. The molecule has 1 N–H and O–H groups in total.